The smallest absolute Gasteiger partial charge is 0.234 e. The molecule has 0 unspecified atom stereocenters. The molecule has 1 amide bonds. The molecule has 5 rings (SSSR count). The number of hydrogen-bond donors (Lipinski definition) is 1. The van der Waals surface area contributed by atoms with Gasteiger partial charge in [-0.05, 0) is 54.8 Å². The van der Waals surface area contributed by atoms with Crippen LogP contribution in [0, 0.1) is 13.8 Å². The monoisotopic (exact) mass is 471 g/mol. The van der Waals surface area contributed by atoms with E-state index in [-0.39, 0.29) is 11.7 Å². The molecule has 0 saturated heterocycles. The van der Waals surface area contributed by atoms with Crippen molar-refractivity contribution in [3.05, 3.63) is 77.4 Å². The molecule has 0 bridgehead atoms. The zero-order chi connectivity index (χ0) is 23.5. The number of nitrogens with zero attached hydrogens (tertiary/aromatic N) is 2. The number of ether oxygens (including phenoxy) is 2. The van der Waals surface area contributed by atoms with Gasteiger partial charge < -0.3 is 14.8 Å². The summed E-state index contributed by atoms with van der Waals surface area (Å²) in [5.41, 5.74) is 6.73. The van der Waals surface area contributed by atoms with Gasteiger partial charge in [-0.2, -0.15) is 0 Å². The molecule has 0 radical (unpaired) electrons. The molecule has 2 aliphatic rings. The lowest BCUT2D eigenvalue weighted by Crippen LogP contribution is -2.18. The number of rotatable bonds is 4. The van der Waals surface area contributed by atoms with Crippen LogP contribution < -0.4 is 14.8 Å². The Morgan fingerprint density at radius 2 is 1.62 bits per heavy atom. The predicted octanol–water partition coefficient (Wildman–Crippen LogP) is 6.00. The number of hydrogen-bond acceptors (Lipinski definition) is 6. The number of aliphatic imine (C=N–C) groups is 2. The van der Waals surface area contributed by atoms with Crippen LogP contribution >= 0.6 is 11.8 Å². The summed E-state index contributed by atoms with van der Waals surface area (Å²) in [4.78, 5) is 22.6. The molecule has 0 atom stereocenters. The molecule has 0 fully saturated rings. The van der Waals surface area contributed by atoms with Crippen LogP contribution in [-0.2, 0) is 4.79 Å². The van der Waals surface area contributed by atoms with Gasteiger partial charge in [-0.15, -0.1) is 11.8 Å². The Morgan fingerprint density at radius 1 is 0.912 bits per heavy atom. The Hall–Kier alpha value is -3.58. The number of aryl methyl sites for hydroxylation is 2. The van der Waals surface area contributed by atoms with Gasteiger partial charge in [0.25, 0.3) is 0 Å². The third kappa shape index (κ3) is 4.99. The summed E-state index contributed by atoms with van der Waals surface area (Å²) in [6.07, 6.45) is 0.568. The zero-order valence-corrected chi connectivity index (χ0v) is 19.9. The molecule has 6 nitrogen and oxygen atoms in total. The Morgan fingerprint density at radius 3 is 2.38 bits per heavy atom. The fourth-order valence-electron chi connectivity index (χ4n) is 3.81. The average Bonchev–Trinajstić information content (AvgIpc) is 3.02. The van der Waals surface area contributed by atoms with Crippen LogP contribution in [0.1, 0.15) is 23.1 Å². The quantitative estimate of drug-likeness (QED) is 0.506. The lowest BCUT2D eigenvalue weighted by molar-refractivity contribution is -0.113. The van der Waals surface area contributed by atoms with Crippen LogP contribution in [0.5, 0.6) is 11.5 Å². The summed E-state index contributed by atoms with van der Waals surface area (Å²) in [5, 5.41) is 3.81. The predicted molar refractivity (Wildman–Crippen MR) is 139 cm³/mol. The molecule has 2 aliphatic heterocycles. The summed E-state index contributed by atoms with van der Waals surface area (Å²) < 4.78 is 11.2. The molecule has 34 heavy (non-hydrogen) atoms. The van der Waals surface area contributed by atoms with Crippen molar-refractivity contribution in [1.29, 1.82) is 0 Å². The SMILES string of the molecule is Cc1cc2c(cc1C)N=C(c1ccccc1)CC(SCC(=O)Nc1ccc3c(c1)OCCO3)=N2. The van der Waals surface area contributed by atoms with E-state index >= 15 is 0 Å². The molecular formula is C27H25N3O3S. The fourth-order valence-corrected chi connectivity index (χ4v) is 4.59. The Labute approximate surface area is 203 Å². The minimum absolute atomic E-state index is 0.105. The van der Waals surface area contributed by atoms with Crippen LogP contribution in [0.4, 0.5) is 17.1 Å². The standard InChI is InChI=1S/C27H25N3O3S/c1-17-12-22-23(13-18(17)2)30-27(15-21(29-22)19-6-4-3-5-7-19)34-16-26(31)28-20-8-9-24-25(14-20)33-11-10-32-24/h3-9,12-14H,10-11,15-16H2,1-2H3,(H,28,31). The topological polar surface area (TPSA) is 72.3 Å². The number of thioether (sulfide) groups is 1. The molecule has 172 valence electrons. The van der Waals surface area contributed by atoms with Crippen molar-refractivity contribution in [2.24, 2.45) is 9.98 Å². The van der Waals surface area contributed by atoms with Gasteiger partial charge in [0.05, 0.1) is 27.9 Å². The average molecular weight is 472 g/mol. The normalized spacial score (nSPS) is 14.4. The molecule has 7 heteroatoms. The van der Waals surface area contributed by atoms with Gasteiger partial charge in [-0.1, -0.05) is 30.3 Å². The highest BCUT2D eigenvalue weighted by Crippen LogP contribution is 2.36. The van der Waals surface area contributed by atoms with E-state index in [9.17, 15) is 4.79 Å². The highest BCUT2D eigenvalue weighted by atomic mass is 32.2. The molecule has 3 aromatic rings. The molecule has 0 aromatic heterocycles. The van der Waals surface area contributed by atoms with Gasteiger partial charge in [0, 0.05) is 18.2 Å². The first-order valence-corrected chi connectivity index (χ1v) is 12.2. The van der Waals surface area contributed by atoms with E-state index in [2.05, 4.69) is 43.4 Å². The number of benzene rings is 3. The van der Waals surface area contributed by atoms with Gasteiger partial charge in [-0.3, -0.25) is 9.79 Å². The maximum absolute atomic E-state index is 12.7. The molecule has 0 saturated carbocycles. The minimum Gasteiger partial charge on any atom is -0.486 e. The van der Waals surface area contributed by atoms with Gasteiger partial charge in [0.1, 0.15) is 13.2 Å². The molecule has 0 aliphatic carbocycles. The van der Waals surface area contributed by atoms with Gasteiger partial charge >= 0.3 is 0 Å². The van der Waals surface area contributed by atoms with Crippen molar-refractivity contribution >= 4 is 45.5 Å². The molecule has 1 N–H and O–H groups in total. The maximum atomic E-state index is 12.7. The number of nitrogens with one attached hydrogen (secondary N) is 1. The van der Waals surface area contributed by atoms with Crippen LogP contribution in [0.15, 0.2) is 70.6 Å². The van der Waals surface area contributed by atoms with Crippen molar-refractivity contribution in [2.75, 3.05) is 24.3 Å². The van der Waals surface area contributed by atoms with Crippen LogP contribution in [-0.4, -0.2) is 35.6 Å². The van der Waals surface area contributed by atoms with E-state index in [1.165, 1.54) is 22.9 Å². The molecule has 2 heterocycles. The fraction of sp³-hybridized carbons (Fsp3) is 0.222. The van der Waals surface area contributed by atoms with Gasteiger partial charge in [-0.25, -0.2) is 4.99 Å². The number of anilines is 1. The van der Waals surface area contributed by atoms with Crippen molar-refractivity contribution in [3.8, 4) is 11.5 Å². The number of carbonyl (C=O) groups is 1. The lowest BCUT2D eigenvalue weighted by Gasteiger charge is -2.19. The number of fused-ring (bicyclic) bond motifs is 2. The van der Waals surface area contributed by atoms with Crippen LogP contribution in [0.2, 0.25) is 0 Å². The highest BCUT2D eigenvalue weighted by molar-refractivity contribution is 8.14. The zero-order valence-electron chi connectivity index (χ0n) is 19.1. The first-order chi connectivity index (χ1) is 16.5. The van der Waals surface area contributed by atoms with E-state index < -0.39 is 0 Å². The lowest BCUT2D eigenvalue weighted by atomic mass is 10.1. The Balaban J connectivity index is 1.34. The van der Waals surface area contributed by atoms with Crippen LogP contribution in [0.25, 0.3) is 0 Å². The summed E-state index contributed by atoms with van der Waals surface area (Å²) in [6.45, 7) is 5.20. The minimum atomic E-state index is -0.105. The van der Waals surface area contributed by atoms with Crippen LogP contribution in [0.3, 0.4) is 0 Å². The molecule has 0 spiro atoms. The first-order valence-electron chi connectivity index (χ1n) is 11.2. The van der Waals surface area contributed by atoms with Crippen molar-refractivity contribution in [1.82, 2.24) is 0 Å². The highest BCUT2D eigenvalue weighted by Gasteiger charge is 2.18. The second kappa shape index (κ2) is 9.73. The summed E-state index contributed by atoms with van der Waals surface area (Å²) in [5.74, 6) is 1.49. The van der Waals surface area contributed by atoms with E-state index in [4.69, 9.17) is 19.5 Å². The van der Waals surface area contributed by atoms with Gasteiger partial charge in [0.15, 0.2) is 11.5 Å². The van der Waals surface area contributed by atoms with E-state index in [1.807, 2.05) is 30.3 Å². The maximum Gasteiger partial charge on any atom is 0.234 e. The second-order valence-electron chi connectivity index (χ2n) is 8.23. The van der Waals surface area contributed by atoms with Crippen molar-refractivity contribution in [3.63, 3.8) is 0 Å². The van der Waals surface area contributed by atoms with Gasteiger partial charge in [0.2, 0.25) is 5.91 Å². The summed E-state index contributed by atoms with van der Waals surface area (Å²) >= 11 is 1.44. The van der Waals surface area contributed by atoms with Crippen molar-refractivity contribution < 1.29 is 14.3 Å². The number of carbonyl (C=O) groups excluding carboxylic acids is 1. The van der Waals surface area contributed by atoms with E-state index in [0.717, 1.165) is 27.7 Å². The third-order valence-electron chi connectivity index (χ3n) is 5.71. The summed E-state index contributed by atoms with van der Waals surface area (Å²) in [6, 6.07) is 19.7. The summed E-state index contributed by atoms with van der Waals surface area (Å²) in [7, 11) is 0. The third-order valence-corrected chi connectivity index (χ3v) is 6.69. The Kier molecular flexibility index (Phi) is 6.36. The van der Waals surface area contributed by atoms with E-state index in [0.29, 0.717) is 36.8 Å². The second-order valence-corrected chi connectivity index (χ2v) is 9.28. The number of amides is 1. The van der Waals surface area contributed by atoms with Crippen molar-refractivity contribution in [2.45, 2.75) is 20.3 Å². The van der Waals surface area contributed by atoms with E-state index in [1.54, 1.807) is 6.07 Å². The largest absolute Gasteiger partial charge is 0.486 e. The molecular weight excluding hydrogens is 446 g/mol. The Bertz CT molecular complexity index is 1300. The molecule has 3 aromatic carbocycles. The first kappa shape index (κ1) is 22.2.